The Labute approximate surface area is 112 Å². The van der Waals surface area contributed by atoms with Gasteiger partial charge in [0.05, 0.1) is 18.5 Å². The average Bonchev–Trinajstić information content (AvgIpc) is 2.38. The monoisotopic (exact) mass is 270 g/mol. The zero-order chi connectivity index (χ0) is 13.5. The molecule has 0 spiro atoms. The van der Waals surface area contributed by atoms with Crippen molar-refractivity contribution in [2.24, 2.45) is 5.92 Å². The van der Waals surface area contributed by atoms with Gasteiger partial charge < -0.3 is 14.9 Å². The van der Waals surface area contributed by atoms with Crippen LogP contribution in [0.3, 0.4) is 0 Å². The normalized spacial score (nSPS) is 13.9. The molecule has 0 amide bonds. The van der Waals surface area contributed by atoms with Crippen LogP contribution < -0.4 is 0 Å². The summed E-state index contributed by atoms with van der Waals surface area (Å²) < 4.78 is 4.90. The molecule has 0 aliphatic carbocycles. The first kappa shape index (κ1) is 14.9. The van der Waals surface area contributed by atoms with Crippen molar-refractivity contribution >= 4 is 18.6 Å². The molecule has 0 saturated carbocycles. The number of thiol groups is 1. The van der Waals surface area contributed by atoms with Crippen LogP contribution in [0, 0.1) is 5.92 Å². The summed E-state index contributed by atoms with van der Waals surface area (Å²) in [5.41, 5.74) is 0.737. The Morgan fingerprint density at radius 3 is 2.56 bits per heavy atom. The molecule has 0 heterocycles. The number of hydrogen-bond acceptors (Lipinski definition) is 5. The van der Waals surface area contributed by atoms with Crippen LogP contribution in [0.5, 0.6) is 5.75 Å². The number of carbonyl (C=O) groups excluding carboxylic acids is 1. The summed E-state index contributed by atoms with van der Waals surface area (Å²) in [5, 5.41) is 19.2. The Morgan fingerprint density at radius 2 is 2.00 bits per heavy atom. The Kier molecular flexibility index (Phi) is 6.01. The standard InChI is InChI=1S/C13H18O4S/c1-9(6-7-17-12(15)8-18)13(16)10-2-4-11(14)5-3-10/h2-5,9,13-14,16,18H,6-8H2,1H3/t9-,13-/m0/s1. The molecular weight excluding hydrogens is 252 g/mol. The third-order valence-corrected chi connectivity index (χ3v) is 3.00. The van der Waals surface area contributed by atoms with Crippen molar-refractivity contribution in [1.82, 2.24) is 0 Å². The van der Waals surface area contributed by atoms with E-state index in [1.807, 2.05) is 6.92 Å². The molecule has 18 heavy (non-hydrogen) atoms. The molecule has 0 aliphatic rings. The van der Waals surface area contributed by atoms with Gasteiger partial charge in [0.1, 0.15) is 5.75 Å². The maximum Gasteiger partial charge on any atom is 0.315 e. The molecule has 2 atom stereocenters. The minimum Gasteiger partial charge on any atom is -0.508 e. The molecule has 1 aromatic carbocycles. The van der Waals surface area contributed by atoms with Gasteiger partial charge >= 0.3 is 5.97 Å². The maximum absolute atomic E-state index is 10.9. The van der Waals surface area contributed by atoms with Gasteiger partial charge in [0.2, 0.25) is 0 Å². The van der Waals surface area contributed by atoms with Crippen LogP contribution in [0.2, 0.25) is 0 Å². The average molecular weight is 270 g/mol. The number of hydrogen-bond donors (Lipinski definition) is 3. The summed E-state index contributed by atoms with van der Waals surface area (Å²) in [6.45, 7) is 2.15. The van der Waals surface area contributed by atoms with E-state index in [1.165, 1.54) is 12.1 Å². The largest absolute Gasteiger partial charge is 0.508 e. The predicted octanol–water partition coefficient (Wildman–Crippen LogP) is 1.92. The van der Waals surface area contributed by atoms with Gasteiger partial charge in [-0.15, -0.1) is 0 Å². The number of rotatable bonds is 6. The fourth-order valence-electron chi connectivity index (χ4n) is 1.56. The molecule has 0 saturated heterocycles. The number of benzene rings is 1. The van der Waals surface area contributed by atoms with E-state index >= 15 is 0 Å². The third-order valence-electron chi connectivity index (χ3n) is 2.74. The number of aliphatic hydroxyl groups excluding tert-OH is 1. The van der Waals surface area contributed by atoms with Crippen molar-refractivity contribution in [3.63, 3.8) is 0 Å². The van der Waals surface area contributed by atoms with E-state index in [4.69, 9.17) is 9.84 Å². The fraction of sp³-hybridized carbons (Fsp3) is 0.462. The topological polar surface area (TPSA) is 66.8 Å². The molecule has 0 radical (unpaired) electrons. The lowest BCUT2D eigenvalue weighted by molar-refractivity contribution is -0.141. The first-order valence-electron chi connectivity index (χ1n) is 5.78. The smallest absolute Gasteiger partial charge is 0.315 e. The molecule has 1 aromatic rings. The molecule has 100 valence electrons. The summed E-state index contributed by atoms with van der Waals surface area (Å²) in [6.07, 6.45) is -0.0676. The minimum absolute atomic E-state index is 0.0396. The second kappa shape index (κ2) is 7.28. The van der Waals surface area contributed by atoms with E-state index in [0.717, 1.165) is 5.56 Å². The Bertz CT molecular complexity index is 377. The number of ether oxygens (including phenoxy) is 1. The zero-order valence-electron chi connectivity index (χ0n) is 10.2. The fourth-order valence-corrected chi connectivity index (χ4v) is 1.65. The third kappa shape index (κ3) is 4.58. The van der Waals surface area contributed by atoms with Crippen LogP contribution in [0.1, 0.15) is 25.0 Å². The summed E-state index contributed by atoms with van der Waals surface area (Å²) in [7, 11) is 0. The Hall–Kier alpha value is -1.20. The van der Waals surface area contributed by atoms with E-state index in [9.17, 15) is 9.90 Å². The van der Waals surface area contributed by atoms with E-state index in [-0.39, 0.29) is 30.0 Å². The highest BCUT2D eigenvalue weighted by atomic mass is 32.1. The van der Waals surface area contributed by atoms with Crippen molar-refractivity contribution in [2.45, 2.75) is 19.4 Å². The van der Waals surface area contributed by atoms with Crippen molar-refractivity contribution in [3.05, 3.63) is 29.8 Å². The zero-order valence-corrected chi connectivity index (χ0v) is 11.1. The van der Waals surface area contributed by atoms with Gasteiger partial charge in [-0.2, -0.15) is 12.6 Å². The lowest BCUT2D eigenvalue weighted by Gasteiger charge is -2.19. The minimum atomic E-state index is -0.639. The second-order valence-electron chi connectivity index (χ2n) is 4.18. The first-order chi connectivity index (χ1) is 8.54. The van der Waals surface area contributed by atoms with E-state index < -0.39 is 6.10 Å². The molecule has 5 heteroatoms. The highest BCUT2D eigenvalue weighted by molar-refractivity contribution is 7.81. The van der Waals surface area contributed by atoms with E-state index in [0.29, 0.717) is 6.42 Å². The molecule has 0 aliphatic heterocycles. The summed E-state index contributed by atoms with van der Waals surface area (Å²) >= 11 is 3.80. The molecule has 0 fully saturated rings. The van der Waals surface area contributed by atoms with Gasteiger partial charge in [-0.1, -0.05) is 19.1 Å². The number of phenols is 1. The van der Waals surface area contributed by atoms with Crippen molar-refractivity contribution in [3.8, 4) is 5.75 Å². The number of esters is 1. The molecule has 2 N–H and O–H groups in total. The number of aromatic hydroxyl groups is 1. The van der Waals surface area contributed by atoms with Gasteiger partial charge in [0, 0.05) is 0 Å². The SMILES string of the molecule is C[C@@H](CCOC(=O)CS)[C@H](O)c1ccc(O)cc1. The van der Waals surface area contributed by atoms with Crippen LogP contribution in [0.25, 0.3) is 0 Å². The first-order valence-corrected chi connectivity index (χ1v) is 6.41. The predicted molar refractivity (Wildman–Crippen MR) is 71.7 cm³/mol. The molecule has 1 rings (SSSR count). The van der Waals surface area contributed by atoms with Gasteiger partial charge in [0.15, 0.2) is 0 Å². The van der Waals surface area contributed by atoms with E-state index in [1.54, 1.807) is 12.1 Å². The quantitative estimate of drug-likeness (QED) is 0.546. The molecule has 4 nitrogen and oxygen atoms in total. The van der Waals surface area contributed by atoms with Crippen LogP contribution in [0.15, 0.2) is 24.3 Å². The number of carbonyl (C=O) groups is 1. The lowest BCUT2D eigenvalue weighted by Crippen LogP contribution is -2.14. The highest BCUT2D eigenvalue weighted by Crippen LogP contribution is 2.25. The summed E-state index contributed by atoms with van der Waals surface area (Å²) in [6, 6.07) is 6.42. The summed E-state index contributed by atoms with van der Waals surface area (Å²) in [5.74, 6) is -0.164. The molecule has 0 aromatic heterocycles. The van der Waals surface area contributed by atoms with Crippen LogP contribution in [-0.2, 0) is 9.53 Å². The highest BCUT2D eigenvalue weighted by Gasteiger charge is 2.16. The Balaban J connectivity index is 2.43. The Morgan fingerprint density at radius 1 is 1.39 bits per heavy atom. The van der Waals surface area contributed by atoms with Crippen molar-refractivity contribution in [2.75, 3.05) is 12.4 Å². The summed E-state index contributed by atoms with van der Waals surface area (Å²) in [4.78, 5) is 10.9. The van der Waals surface area contributed by atoms with Crippen LogP contribution >= 0.6 is 12.6 Å². The molecule has 0 unspecified atom stereocenters. The lowest BCUT2D eigenvalue weighted by atomic mass is 9.95. The van der Waals surface area contributed by atoms with E-state index in [2.05, 4.69) is 12.6 Å². The van der Waals surface area contributed by atoms with Gasteiger partial charge in [0.25, 0.3) is 0 Å². The number of aliphatic hydroxyl groups is 1. The molecule has 0 bridgehead atoms. The van der Waals surface area contributed by atoms with Gasteiger partial charge in [-0.3, -0.25) is 4.79 Å². The van der Waals surface area contributed by atoms with Crippen LogP contribution in [0.4, 0.5) is 0 Å². The van der Waals surface area contributed by atoms with Crippen LogP contribution in [-0.4, -0.2) is 28.5 Å². The number of phenolic OH excluding ortho intramolecular Hbond substituents is 1. The second-order valence-corrected chi connectivity index (χ2v) is 4.50. The maximum atomic E-state index is 10.9. The van der Waals surface area contributed by atoms with Crippen molar-refractivity contribution in [1.29, 1.82) is 0 Å². The van der Waals surface area contributed by atoms with Gasteiger partial charge in [-0.05, 0) is 30.0 Å². The van der Waals surface area contributed by atoms with Crippen molar-refractivity contribution < 1.29 is 19.7 Å². The molecular formula is C13H18O4S. The van der Waals surface area contributed by atoms with Gasteiger partial charge in [-0.25, -0.2) is 0 Å².